The predicted octanol–water partition coefficient (Wildman–Crippen LogP) is 0.403. The van der Waals surface area contributed by atoms with Crippen LogP contribution in [0.5, 0.6) is 0 Å². The van der Waals surface area contributed by atoms with Gasteiger partial charge in [0.25, 0.3) is 0 Å². The molecular weight excluding hydrogens is 250 g/mol. The number of carbonyl (C=O) groups is 1. The maximum atomic E-state index is 11.2. The predicted molar refractivity (Wildman–Crippen MR) is 67.7 cm³/mol. The number of methoxy groups -OCH3 is 1. The smallest absolute Gasteiger partial charge is 0.308 e. The van der Waals surface area contributed by atoms with Crippen LogP contribution in [-0.2, 0) is 23.7 Å². The summed E-state index contributed by atoms with van der Waals surface area (Å²) < 4.78 is 21.5. The van der Waals surface area contributed by atoms with Gasteiger partial charge >= 0.3 is 5.97 Å². The van der Waals surface area contributed by atoms with Gasteiger partial charge in [-0.15, -0.1) is 0 Å². The van der Waals surface area contributed by atoms with Gasteiger partial charge in [-0.2, -0.15) is 0 Å². The molecule has 2 rings (SSSR count). The van der Waals surface area contributed by atoms with Crippen LogP contribution in [0.25, 0.3) is 0 Å². The van der Waals surface area contributed by atoms with Crippen LogP contribution in [0.1, 0.15) is 19.8 Å². The molecule has 0 bridgehead atoms. The molecule has 2 unspecified atom stereocenters. The van der Waals surface area contributed by atoms with Gasteiger partial charge in [0.05, 0.1) is 39.5 Å². The number of hydrogen-bond acceptors (Lipinski definition) is 6. The number of ether oxygens (including phenoxy) is 4. The molecule has 0 radical (unpaired) electrons. The van der Waals surface area contributed by atoms with Crippen LogP contribution in [0.2, 0.25) is 0 Å². The average molecular weight is 273 g/mol. The van der Waals surface area contributed by atoms with Gasteiger partial charge < -0.3 is 18.9 Å². The summed E-state index contributed by atoms with van der Waals surface area (Å²) in [5.41, 5.74) is 0. The van der Waals surface area contributed by atoms with Crippen molar-refractivity contribution in [2.75, 3.05) is 46.6 Å². The Morgan fingerprint density at radius 3 is 2.84 bits per heavy atom. The van der Waals surface area contributed by atoms with E-state index in [0.29, 0.717) is 6.61 Å². The molecule has 0 aromatic carbocycles. The summed E-state index contributed by atoms with van der Waals surface area (Å²) in [5, 5.41) is 0. The maximum Gasteiger partial charge on any atom is 0.308 e. The van der Waals surface area contributed by atoms with Crippen molar-refractivity contribution in [2.24, 2.45) is 0 Å². The SMILES string of the molecule is COC(=O)CC1COC(C)(CCN2CCOCC2)O1. The number of morpholine rings is 1. The third-order valence-electron chi connectivity index (χ3n) is 3.60. The second-order valence-electron chi connectivity index (χ2n) is 5.17. The van der Waals surface area contributed by atoms with Gasteiger partial charge in [0.15, 0.2) is 5.79 Å². The minimum absolute atomic E-state index is 0.192. The normalized spacial score (nSPS) is 32.4. The van der Waals surface area contributed by atoms with E-state index in [1.54, 1.807) is 0 Å². The molecule has 19 heavy (non-hydrogen) atoms. The molecule has 0 aromatic heterocycles. The van der Waals surface area contributed by atoms with Crippen molar-refractivity contribution in [3.05, 3.63) is 0 Å². The van der Waals surface area contributed by atoms with Crippen LogP contribution in [0.3, 0.4) is 0 Å². The quantitative estimate of drug-likeness (QED) is 0.676. The largest absolute Gasteiger partial charge is 0.469 e. The third kappa shape index (κ3) is 4.42. The second-order valence-corrected chi connectivity index (χ2v) is 5.17. The fourth-order valence-corrected chi connectivity index (χ4v) is 2.38. The Bertz CT molecular complexity index is 305. The number of esters is 1. The molecule has 0 N–H and O–H groups in total. The summed E-state index contributed by atoms with van der Waals surface area (Å²) in [4.78, 5) is 13.5. The fourth-order valence-electron chi connectivity index (χ4n) is 2.38. The maximum absolute atomic E-state index is 11.2. The van der Waals surface area contributed by atoms with E-state index in [0.717, 1.165) is 39.3 Å². The van der Waals surface area contributed by atoms with Crippen molar-refractivity contribution >= 4 is 5.97 Å². The molecule has 2 fully saturated rings. The van der Waals surface area contributed by atoms with Crippen LogP contribution >= 0.6 is 0 Å². The Kier molecular flexibility index (Phi) is 5.15. The summed E-state index contributed by atoms with van der Waals surface area (Å²) in [6.45, 7) is 6.82. The molecule has 0 amide bonds. The van der Waals surface area contributed by atoms with Gasteiger partial charge in [-0.25, -0.2) is 0 Å². The highest BCUT2D eigenvalue weighted by molar-refractivity contribution is 5.69. The van der Waals surface area contributed by atoms with Crippen molar-refractivity contribution in [1.29, 1.82) is 0 Å². The zero-order valence-corrected chi connectivity index (χ0v) is 11.7. The molecule has 0 aromatic rings. The molecule has 2 atom stereocenters. The highest BCUT2D eigenvalue weighted by Crippen LogP contribution is 2.28. The van der Waals surface area contributed by atoms with Crippen molar-refractivity contribution in [3.63, 3.8) is 0 Å². The molecule has 0 saturated carbocycles. The number of nitrogens with zero attached hydrogens (tertiary/aromatic N) is 1. The minimum Gasteiger partial charge on any atom is -0.469 e. The molecule has 2 heterocycles. The second kappa shape index (κ2) is 6.65. The van der Waals surface area contributed by atoms with Gasteiger partial charge in [0.1, 0.15) is 0 Å². The van der Waals surface area contributed by atoms with E-state index in [4.69, 9.17) is 14.2 Å². The van der Waals surface area contributed by atoms with E-state index in [2.05, 4.69) is 9.64 Å². The number of carbonyl (C=O) groups excluding carboxylic acids is 1. The molecule has 2 saturated heterocycles. The zero-order valence-electron chi connectivity index (χ0n) is 11.7. The molecule has 6 nitrogen and oxygen atoms in total. The zero-order chi connectivity index (χ0) is 13.7. The summed E-state index contributed by atoms with van der Waals surface area (Å²) in [6.07, 6.45) is 0.857. The lowest BCUT2D eigenvalue weighted by atomic mass is 10.2. The summed E-state index contributed by atoms with van der Waals surface area (Å²) in [7, 11) is 1.38. The summed E-state index contributed by atoms with van der Waals surface area (Å²) >= 11 is 0. The van der Waals surface area contributed by atoms with Gasteiger partial charge in [-0.1, -0.05) is 0 Å². The first kappa shape index (κ1) is 14.7. The van der Waals surface area contributed by atoms with E-state index < -0.39 is 5.79 Å². The van der Waals surface area contributed by atoms with E-state index in [1.165, 1.54) is 7.11 Å². The minimum atomic E-state index is -0.586. The molecule has 2 aliphatic heterocycles. The van der Waals surface area contributed by atoms with Crippen molar-refractivity contribution in [2.45, 2.75) is 31.7 Å². The molecule has 2 aliphatic rings. The third-order valence-corrected chi connectivity index (χ3v) is 3.60. The van der Waals surface area contributed by atoms with Crippen LogP contribution in [0, 0.1) is 0 Å². The van der Waals surface area contributed by atoms with Gasteiger partial charge in [0, 0.05) is 26.1 Å². The van der Waals surface area contributed by atoms with E-state index in [1.807, 2.05) is 6.92 Å². The topological polar surface area (TPSA) is 57.2 Å². The molecular formula is C13H23NO5. The first-order valence-corrected chi connectivity index (χ1v) is 6.80. The van der Waals surface area contributed by atoms with Crippen molar-refractivity contribution < 1.29 is 23.7 Å². The Balaban J connectivity index is 1.72. The standard InChI is InChI=1S/C13H23NO5/c1-13(3-4-14-5-7-17-8-6-14)18-10-11(19-13)9-12(15)16-2/h11H,3-10H2,1-2H3. The molecule has 0 aliphatic carbocycles. The summed E-state index contributed by atoms with van der Waals surface area (Å²) in [5.74, 6) is -0.845. The lowest BCUT2D eigenvalue weighted by Gasteiger charge is -2.30. The van der Waals surface area contributed by atoms with E-state index in [9.17, 15) is 4.79 Å². The number of hydrogen-bond donors (Lipinski definition) is 0. The Labute approximate surface area is 113 Å². The fraction of sp³-hybridized carbons (Fsp3) is 0.923. The Hall–Kier alpha value is -0.690. The van der Waals surface area contributed by atoms with Crippen molar-refractivity contribution in [1.82, 2.24) is 4.90 Å². The monoisotopic (exact) mass is 273 g/mol. The van der Waals surface area contributed by atoms with Crippen LogP contribution in [-0.4, -0.2) is 69.3 Å². The average Bonchev–Trinajstić information content (AvgIpc) is 2.79. The lowest BCUT2D eigenvalue weighted by Crippen LogP contribution is -2.40. The molecule has 6 heteroatoms. The molecule has 110 valence electrons. The van der Waals surface area contributed by atoms with E-state index >= 15 is 0 Å². The Morgan fingerprint density at radius 1 is 1.42 bits per heavy atom. The van der Waals surface area contributed by atoms with Crippen LogP contribution in [0.15, 0.2) is 0 Å². The van der Waals surface area contributed by atoms with Gasteiger partial charge in [-0.05, 0) is 6.92 Å². The van der Waals surface area contributed by atoms with Gasteiger partial charge in [-0.3, -0.25) is 9.69 Å². The summed E-state index contributed by atoms with van der Waals surface area (Å²) in [6, 6.07) is 0. The highest BCUT2D eigenvalue weighted by atomic mass is 16.7. The van der Waals surface area contributed by atoms with Crippen molar-refractivity contribution in [3.8, 4) is 0 Å². The van der Waals surface area contributed by atoms with Gasteiger partial charge in [0.2, 0.25) is 0 Å². The van der Waals surface area contributed by atoms with Crippen LogP contribution < -0.4 is 0 Å². The van der Waals surface area contributed by atoms with Crippen LogP contribution in [0.4, 0.5) is 0 Å². The lowest BCUT2D eigenvalue weighted by molar-refractivity contribution is -0.166. The first-order valence-electron chi connectivity index (χ1n) is 6.80. The number of rotatable bonds is 5. The highest BCUT2D eigenvalue weighted by Gasteiger charge is 2.38. The van der Waals surface area contributed by atoms with E-state index in [-0.39, 0.29) is 18.5 Å². The molecule has 0 spiro atoms. The Morgan fingerprint density at radius 2 is 2.16 bits per heavy atom. The first-order chi connectivity index (χ1) is 9.11.